The van der Waals surface area contributed by atoms with Gasteiger partial charge in [0, 0.05) is 63.0 Å². The Bertz CT molecular complexity index is 1110. The third kappa shape index (κ3) is 3.03. The maximum Gasteiger partial charge on any atom is 0.262 e. The van der Waals surface area contributed by atoms with Gasteiger partial charge in [0.05, 0.1) is 17.1 Å². The fraction of sp³-hybridized carbons (Fsp3) is 0.476. The molecule has 0 bridgehead atoms. The number of fused-ring (bicyclic) bond motifs is 2. The van der Waals surface area contributed by atoms with Gasteiger partial charge in [-0.15, -0.1) is 0 Å². The molecule has 0 N–H and O–H groups in total. The predicted molar refractivity (Wildman–Crippen MR) is 112 cm³/mol. The molecule has 3 aromatic rings. The summed E-state index contributed by atoms with van der Waals surface area (Å²) >= 11 is 0. The van der Waals surface area contributed by atoms with Gasteiger partial charge in [-0.2, -0.15) is 0 Å². The molecule has 2 unspecified atom stereocenters. The Labute approximate surface area is 169 Å². The third-order valence-corrected chi connectivity index (χ3v) is 6.21. The van der Waals surface area contributed by atoms with Crippen LogP contribution >= 0.6 is 0 Å². The second-order valence-electron chi connectivity index (χ2n) is 8.45. The molecule has 2 saturated heterocycles. The lowest BCUT2D eigenvalue weighted by Gasteiger charge is -2.24. The van der Waals surface area contributed by atoms with E-state index in [0.717, 1.165) is 43.6 Å². The molecule has 2 aliphatic heterocycles. The maximum atomic E-state index is 12.7. The van der Waals surface area contributed by atoms with Gasteiger partial charge in [0.2, 0.25) is 5.95 Å². The Morgan fingerprint density at radius 3 is 2.52 bits per heavy atom. The van der Waals surface area contributed by atoms with Crippen molar-refractivity contribution < 1.29 is 0 Å². The van der Waals surface area contributed by atoms with Crippen LogP contribution in [0.4, 0.5) is 11.8 Å². The average molecular weight is 391 g/mol. The Morgan fingerprint density at radius 1 is 1.07 bits per heavy atom. The summed E-state index contributed by atoms with van der Waals surface area (Å²) in [5.41, 5.74) is 1.72. The Kier molecular flexibility index (Phi) is 4.22. The van der Waals surface area contributed by atoms with Gasteiger partial charge in [-0.3, -0.25) is 14.3 Å². The number of rotatable bonds is 3. The molecule has 29 heavy (non-hydrogen) atoms. The van der Waals surface area contributed by atoms with Crippen LogP contribution in [0.2, 0.25) is 0 Å². The van der Waals surface area contributed by atoms with E-state index in [2.05, 4.69) is 44.7 Å². The van der Waals surface area contributed by atoms with Crippen molar-refractivity contribution in [2.24, 2.45) is 18.9 Å². The van der Waals surface area contributed by atoms with Gasteiger partial charge < -0.3 is 9.80 Å². The standard InChI is InChI=1S/C21H25N7O/c1-13(2)17-6-19(24-12-23-17)27-8-14-10-28(11-15(14)9-27)21-25-18-7-22-5-4-16(18)20(29)26(21)3/h4-7,12-15H,8-11H2,1-3H3. The Balaban J connectivity index is 1.37. The molecule has 3 aromatic heterocycles. The largest absolute Gasteiger partial charge is 0.356 e. The summed E-state index contributed by atoms with van der Waals surface area (Å²) in [6.45, 7) is 8.04. The second-order valence-corrected chi connectivity index (χ2v) is 8.45. The van der Waals surface area contributed by atoms with Crippen molar-refractivity contribution in [2.75, 3.05) is 36.0 Å². The monoisotopic (exact) mass is 391 g/mol. The highest BCUT2D eigenvalue weighted by Gasteiger charge is 2.41. The first-order chi connectivity index (χ1) is 14.0. The van der Waals surface area contributed by atoms with Gasteiger partial charge >= 0.3 is 0 Å². The fourth-order valence-electron chi connectivity index (χ4n) is 4.59. The van der Waals surface area contributed by atoms with Crippen molar-refractivity contribution in [3.63, 3.8) is 0 Å². The summed E-state index contributed by atoms with van der Waals surface area (Å²) < 4.78 is 1.67. The lowest BCUT2D eigenvalue weighted by molar-refractivity contribution is 0.533. The number of anilines is 2. The fourth-order valence-corrected chi connectivity index (χ4v) is 4.59. The van der Waals surface area contributed by atoms with Crippen molar-refractivity contribution in [1.29, 1.82) is 0 Å². The van der Waals surface area contributed by atoms with Crippen LogP contribution in [-0.4, -0.2) is 50.7 Å². The van der Waals surface area contributed by atoms with Crippen molar-refractivity contribution in [3.8, 4) is 0 Å². The quantitative estimate of drug-likeness (QED) is 0.674. The van der Waals surface area contributed by atoms with Crippen molar-refractivity contribution in [1.82, 2.24) is 24.5 Å². The van der Waals surface area contributed by atoms with E-state index in [-0.39, 0.29) is 5.56 Å². The maximum absolute atomic E-state index is 12.7. The number of nitrogens with zero attached hydrogens (tertiary/aromatic N) is 7. The predicted octanol–water partition coefficient (Wildman–Crippen LogP) is 1.81. The van der Waals surface area contributed by atoms with Crippen LogP contribution in [0.5, 0.6) is 0 Å². The van der Waals surface area contributed by atoms with Crippen LogP contribution in [0, 0.1) is 11.8 Å². The van der Waals surface area contributed by atoms with E-state index in [9.17, 15) is 4.79 Å². The summed E-state index contributed by atoms with van der Waals surface area (Å²) in [7, 11) is 1.80. The highest BCUT2D eigenvalue weighted by molar-refractivity contribution is 5.77. The zero-order valence-corrected chi connectivity index (χ0v) is 17.0. The Hall–Kier alpha value is -3.03. The van der Waals surface area contributed by atoms with Gasteiger partial charge in [-0.1, -0.05) is 13.8 Å². The molecule has 8 heteroatoms. The van der Waals surface area contributed by atoms with E-state index in [4.69, 9.17) is 4.98 Å². The van der Waals surface area contributed by atoms with E-state index in [1.165, 1.54) is 0 Å². The molecule has 150 valence electrons. The minimum atomic E-state index is -0.0201. The molecular formula is C21H25N7O. The molecule has 8 nitrogen and oxygen atoms in total. The molecule has 0 saturated carbocycles. The number of pyridine rings is 1. The van der Waals surface area contributed by atoms with Crippen LogP contribution in [0.15, 0.2) is 35.6 Å². The van der Waals surface area contributed by atoms with Crippen LogP contribution in [0.25, 0.3) is 10.9 Å². The summed E-state index contributed by atoms with van der Waals surface area (Å²) in [6.07, 6.45) is 4.98. The molecule has 0 aromatic carbocycles. The summed E-state index contributed by atoms with van der Waals surface area (Å²) in [4.78, 5) is 35.1. The summed E-state index contributed by atoms with van der Waals surface area (Å²) in [6, 6.07) is 3.85. The van der Waals surface area contributed by atoms with Crippen LogP contribution in [0.3, 0.4) is 0 Å². The van der Waals surface area contributed by atoms with Gasteiger partial charge in [-0.25, -0.2) is 15.0 Å². The van der Waals surface area contributed by atoms with Crippen LogP contribution in [-0.2, 0) is 7.05 Å². The Morgan fingerprint density at radius 2 is 1.79 bits per heavy atom. The topological polar surface area (TPSA) is 80.0 Å². The number of hydrogen-bond acceptors (Lipinski definition) is 7. The summed E-state index contributed by atoms with van der Waals surface area (Å²) in [5.74, 6) is 3.22. The van der Waals surface area contributed by atoms with Crippen molar-refractivity contribution in [2.45, 2.75) is 19.8 Å². The van der Waals surface area contributed by atoms with Crippen LogP contribution < -0.4 is 15.4 Å². The van der Waals surface area contributed by atoms with E-state index in [1.807, 2.05) is 0 Å². The molecule has 0 aliphatic carbocycles. The normalized spacial score (nSPS) is 21.4. The third-order valence-electron chi connectivity index (χ3n) is 6.21. The molecular weight excluding hydrogens is 366 g/mol. The minimum absolute atomic E-state index is 0.0201. The van der Waals surface area contributed by atoms with E-state index in [0.29, 0.717) is 28.7 Å². The molecule has 2 atom stereocenters. The van der Waals surface area contributed by atoms with E-state index < -0.39 is 0 Å². The van der Waals surface area contributed by atoms with E-state index >= 15 is 0 Å². The highest BCUT2D eigenvalue weighted by Crippen LogP contribution is 2.35. The number of aromatic nitrogens is 5. The molecule has 5 heterocycles. The molecule has 5 rings (SSSR count). The first kappa shape index (κ1) is 18.0. The van der Waals surface area contributed by atoms with E-state index in [1.54, 1.807) is 36.4 Å². The van der Waals surface area contributed by atoms with Crippen molar-refractivity contribution >= 4 is 22.7 Å². The second kappa shape index (κ2) is 6.79. The lowest BCUT2D eigenvalue weighted by Crippen LogP contribution is -2.33. The molecule has 0 spiro atoms. The highest BCUT2D eigenvalue weighted by atomic mass is 16.1. The average Bonchev–Trinajstić information content (AvgIpc) is 3.30. The molecule has 2 fully saturated rings. The minimum Gasteiger partial charge on any atom is -0.356 e. The smallest absolute Gasteiger partial charge is 0.262 e. The molecule has 0 radical (unpaired) electrons. The molecule has 0 amide bonds. The zero-order chi connectivity index (χ0) is 20.1. The van der Waals surface area contributed by atoms with Gasteiger partial charge in [0.1, 0.15) is 12.1 Å². The van der Waals surface area contributed by atoms with Crippen molar-refractivity contribution in [3.05, 3.63) is 46.9 Å². The lowest BCUT2D eigenvalue weighted by atomic mass is 10.0. The van der Waals surface area contributed by atoms with Gasteiger partial charge in [-0.05, 0) is 12.0 Å². The molecule has 2 aliphatic rings. The first-order valence-electron chi connectivity index (χ1n) is 10.1. The zero-order valence-electron chi connectivity index (χ0n) is 17.0. The van der Waals surface area contributed by atoms with Gasteiger partial charge in [0.25, 0.3) is 5.56 Å². The van der Waals surface area contributed by atoms with Gasteiger partial charge in [0.15, 0.2) is 0 Å². The first-order valence-corrected chi connectivity index (χ1v) is 10.1. The SMILES string of the molecule is CC(C)c1cc(N2CC3CN(c4nc5cnccc5c(=O)n4C)CC3C2)ncn1. The summed E-state index contributed by atoms with van der Waals surface area (Å²) in [5, 5.41) is 0.613. The van der Waals surface area contributed by atoms with Crippen LogP contribution in [0.1, 0.15) is 25.5 Å². The number of hydrogen-bond donors (Lipinski definition) is 0.